The first-order valence-electron chi connectivity index (χ1n) is 7.33. The molecule has 1 N–H and O–H groups in total. The van der Waals surface area contributed by atoms with Crippen molar-refractivity contribution in [1.29, 1.82) is 0 Å². The number of anilines is 1. The lowest BCUT2D eigenvalue weighted by molar-refractivity contribution is 0.0544. The van der Waals surface area contributed by atoms with Gasteiger partial charge in [-0.25, -0.2) is 9.97 Å². The second-order valence-corrected chi connectivity index (χ2v) is 6.84. The molecule has 0 atom stereocenters. The van der Waals surface area contributed by atoms with Gasteiger partial charge in [0.15, 0.2) is 0 Å². The summed E-state index contributed by atoms with van der Waals surface area (Å²) in [5, 5.41) is 5.14. The van der Waals surface area contributed by atoms with Crippen LogP contribution in [0, 0.1) is 0 Å². The van der Waals surface area contributed by atoms with Crippen LogP contribution in [0.5, 0.6) is 0 Å². The molecule has 23 heavy (non-hydrogen) atoms. The summed E-state index contributed by atoms with van der Waals surface area (Å²) in [6, 6.07) is 5.66. The van der Waals surface area contributed by atoms with Gasteiger partial charge in [-0.3, -0.25) is 0 Å². The van der Waals surface area contributed by atoms with E-state index >= 15 is 0 Å². The summed E-state index contributed by atoms with van der Waals surface area (Å²) in [5.74, 6) is 0.623. The molecule has 1 aromatic heterocycles. The van der Waals surface area contributed by atoms with Gasteiger partial charge in [-0.1, -0.05) is 40.9 Å². The molecule has 1 fully saturated rings. The monoisotopic (exact) mass is 371 g/mol. The van der Waals surface area contributed by atoms with Gasteiger partial charge in [0.1, 0.15) is 17.2 Å². The number of ether oxygens (including phenoxy) is 1. The van der Waals surface area contributed by atoms with Crippen molar-refractivity contribution in [3.8, 4) is 0 Å². The maximum absolute atomic E-state index is 6.46. The molecule has 1 saturated heterocycles. The third kappa shape index (κ3) is 3.72. The van der Waals surface area contributed by atoms with E-state index in [4.69, 9.17) is 39.5 Å². The summed E-state index contributed by atoms with van der Waals surface area (Å²) in [7, 11) is 0. The molecular formula is C16H16Cl3N3O. The normalized spacial score (nSPS) is 17.0. The lowest BCUT2D eigenvalue weighted by Crippen LogP contribution is -2.40. The molecule has 0 spiro atoms. The second kappa shape index (κ2) is 7.22. The molecule has 0 aliphatic carbocycles. The Morgan fingerprint density at radius 2 is 1.91 bits per heavy atom. The zero-order valence-corrected chi connectivity index (χ0v) is 14.6. The minimum absolute atomic E-state index is 0.145. The van der Waals surface area contributed by atoms with E-state index in [-0.39, 0.29) is 5.41 Å². The van der Waals surface area contributed by atoms with Crippen molar-refractivity contribution in [1.82, 2.24) is 9.97 Å². The van der Waals surface area contributed by atoms with Crippen LogP contribution >= 0.6 is 34.8 Å². The Morgan fingerprint density at radius 3 is 2.61 bits per heavy atom. The van der Waals surface area contributed by atoms with Crippen LogP contribution in [0.2, 0.25) is 15.1 Å². The zero-order chi connectivity index (χ0) is 16.3. The van der Waals surface area contributed by atoms with Crippen molar-refractivity contribution >= 4 is 40.6 Å². The summed E-state index contributed by atoms with van der Waals surface area (Å²) >= 11 is 18.6. The first-order valence-corrected chi connectivity index (χ1v) is 8.47. The molecular weight excluding hydrogens is 357 g/mol. The fraction of sp³-hybridized carbons (Fsp3) is 0.375. The quantitative estimate of drug-likeness (QED) is 0.852. The smallest absolute Gasteiger partial charge is 0.148 e. The van der Waals surface area contributed by atoms with E-state index in [9.17, 15) is 0 Å². The Kier molecular flexibility index (Phi) is 5.27. The van der Waals surface area contributed by atoms with Gasteiger partial charge in [0.05, 0.1) is 6.20 Å². The number of nitrogens with one attached hydrogen (secondary N) is 1. The number of hydrogen-bond acceptors (Lipinski definition) is 4. The van der Waals surface area contributed by atoms with Crippen LogP contribution in [0.15, 0.2) is 30.7 Å². The molecule has 7 heteroatoms. The topological polar surface area (TPSA) is 47.0 Å². The van der Waals surface area contributed by atoms with E-state index in [0.717, 1.165) is 18.4 Å². The van der Waals surface area contributed by atoms with E-state index < -0.39 is 0 Å². The van der Waals surface area contributed by atoms with E-state index in [1.807, 2.05) is 12.1 Å². The molecule has 122 valence electrons. The zero-order valence-electron chi connectivity index (χ0n) is 12.4. The molecule has 2 aromatic rings. The van der Waals surface area contributed by atoms with Crippen LogP contribution in [-0.2, 0) is 10.2 Å². The Hall–Kier alpha value is -1.07. The number of benzene rings is 1. The van der Waals surface area contributed by atoms with Gasteiger partial charge < -0.3 is 10.1 Å². The van der Waals surface area contributed by atoms with Crippen molar-refractivity contribution < 1.29 is 4.74 Å². The van der Waals surface area contributed by atoms with Gasteiger partial charge in [0.25, 0.3) is 0 Å². The largest absolute Gasteiger partial charge is 0.381 e. The van der Waals surface area contributed by atoms with Gasteiger partial charge in [-0.15, -0.1) is 0 Å². The third-order valence-corrected chi connectivity index (χ3v) is 5.04. The fourth-order valence-corrected chi connectivity index (χ4v) is 3.70. The second-order valence-electron chi connectivity index (χ2n) is 5.59. The SMILES string of the molecule is Clc1ccc(C2(CNc3ncncc3Cl)CCOCC2)c(Cl)c1. The Bertz CT molecular complexity index is 690. The molecule has 4 nitrogen and oxygen atoms in total. The molecule has 1 aromatic carbocycles. The molecule has 1 aliphatic rings. The summed E-state index contributed by atoms with van der Waals surface area (Å²) in [6.07, 6.45) is 4.77. The molecule has 0 amide bonds. The summed E-state index contributed by atoms with van der Waals surface area (Å²) in [5.41, 5.74) is 0.929. The minimum atomic E-state index is -0.145. The number of aromatic nitrogens is 2. The maximum Gasteiger partial charge on any atom is 0.148 e. The molecule has 0 saturated carbocycles. The lowest BCUT2D eigenvalue weighted by Gasteiger charge is -2.38. The van der Waals surface area contributed by atoms with Gasteiger partial charge >= 0.3 is 0 Å². The van der Waals surface area contributed by atoms with Gasteiger partial charge in [0.2, 0.25) is 0 Å². The highest BCUT2D eigenvalue weighted by Gasteiger charge is 2.36. The number of hydrogen-bond donors (Lipinski definition) is 1. The average molecular weight is 373 g/mol. The summed E-state index contributed by atoms with van der Waals surface area (Å²) in [6.45, 7) is 2.05. The maximum atomic E-state index is 6.46. The average Bonchev–Trinajstić information content (AvgIpc) is 2.55. The van der Waals surface area contributed by atoms with Crippen molar-refractivity contribution in [3.05, 3.63) is 51.4 Å². The summed E-state index contributed by atoms with van der Waals surface area (Å²) < 4.78 is 5.54. The molecule has 0 bridgehead atoms. The van der Waals surface area contributed by atoms with Crippen LogP contribution in [0.4, 0.5) is 5.82 Å². The van der Waals surface area contributed by atoms with Crippen LogP contribution < -0.4 is 5.32 Å². The van der Waals surface area contributed by atoms with Crippen molar-refractivity contribution in [2.75, 3.05) is 25.1 Å². The van der Waals surface area contributed by atoms with E-state index in [1.54, 1.807) is 12.3 Å². The van der Waals surface area contributed by atoms with E-state index in [2.05, 4.69) is 15.3 Å². The molecule has 3 rings (SSSR count). The minimum Gasteiger partial charge on any atom is -0.381 e. The lowest BCUT2D eigenvalue weighted by atomic mass is 9.74. The first-order chi connectivity index (χ1) is 11.1. The fourth-order valence-electron chi connectivity index (χ4n) is 2.92. The van der Waals surface area contributed by atoms with Crippen LogP contribution in [0.1, 0.15) is 18.4 Å². The Balaban J connectivity index is 1.89. The highest BCUT2D eigenvalue weighted by molar-refractivity contribution is 6.35. The van der Waals surface area contributed by atoms with Crippen molar-refractivity contribution in [2.24, 2.45) is 0 Å². The third-order valence-electron chi connectivity index (χ3n) is 4.21. The molecule has 1 aliphatic heterocycles. The number of nitrogens with zero attached hydrogens (tertiary/aromatic N) is 2. The van der Waals surface area contributed by atoms with Gasteiger partial charge in [-0.2, -0.15) is 0 Å². The van der Waals surface area contributed by atoms with Crippen LogP contribution in [0.25, 0.3) is 0 Å². The van der Waals surface area contributed by atoms with E-state index in [1.165, 1.54) is 6.33 Å². The van der Waals surface area contributed by atoms with Crippen LogP contribution in [-0.4, -0.2) is 29.7 Å². The van der Waals surface area contributed by atoms with Crippen molar-refractivity contribution in [2.45, 2.75) is 18.3 Å². The Labute approximate surface area is 150 Å². The molecule has 2 heterocycles. The highest BCUT2D eigenvalue weighted by atomic mass is 35.5. The van der Waals surface area contributed by atoms with Crippen molar-refractivity contribution in [3.63, 3.8) is 0 Å². The Morgan fingerprint density at radius 1 is 1.13 bits per heavy atom. The summed E-state index contributed by atoms with van der Waals surface area (Å²) in [4.78, 5) is 8.08. The van der Waals surface area contributed by atoms with E-state index in [0.29, 0.717) is 40.6 Å². The first kappa shape index (κ1) is 16.8. The molecule has 0 radical (unpaired) electrons. The number of halogens is 3. The molecule has 0 unspecified atom stereocenters. The predicted molar refractivity (Wildman–Crippen MR) is 93.7 cm³/mol. The standard InChI is InChI=1S/C16H16Cl3N3O/c17-11-1-2-12(13(18)7-11)16(3-5-23-6-4-16)9-21-15-14(19)8-20-10-22-15/h1-2,7-8,10H,3-6,9H2,(H,20,21,22). The predicted octanol–water partition coefficient (Wildman–Crippen LogP) is 4.60. The highest BCUT2D eigenvalue weighted by Crippen LogP contribution is 2.40. The van der Waals surface area contributed by atoms with Crippen LogP contribution in [0.3, 0.4) is 0 Å². The van der Waals surface area contributed by atoms with Gasteiger partial charge in [0, 0.05) is 35.2 Å². The van der Waals surface area contributed by atoms with Gasteiger partial charge in [-0.05, 0) is 30.5 Å². The number of rotatable bonds is 4.